The fourth-order valence-electron chi connectivity index (χ4n) is 1.02. The summed E-state index contributed by atoms with van der Waals surface area (Å²) in [5.74, 6) is -0.218. The van der Waals surface area contributed by atoms with Crippen molar-refractivity contribution in [3.05, 3.63) is 30.3 Å². The van der Waals surface area contributed by atoms with Crippen LogP contribution in [0.2, 0.25) is 0 Å². The van der Waals surface area contributed by atoms with Crippen molar-refractivity contribution in [3.8, 4) is 5.75 Å². The molecule has 0 saturated heterocycles. The number of rotatable bonds is 3. The molecular weight excluding hydrogens is 225 g/mol. The van der Waals surface area contributed by atoms with Gasteiger partial charge in [0, 0.05) is 4.90 Å². The topological polar surface area (TPSA) is 9.23 Å². The Morgan fingerprint density at radius 2 is 2.00 bits per heavy atom. The molecule has 0 saturated carbocycles. The molecule has 0 amide bonds. The highest BCUT2D eigenvalue weighted by Crippen LogP contribution is 2.28. The third kappa shape index (κ3) is 3.87. The minimum atomic E-state index is -4.66. The lowest BCUT2D eigenvalue weighted by Crippen LogP contribution is -2.17. The maximum atomic E-state index is 12.0. The van der Waals surface area contributed by atoms with Crippen molar-refractivity contribution in [2.45, 2.75) is 11.3 Å². The smallest absolute Gasteiger partial charge is 0.406 e. The molecule has 5 heteroatoms. The molecule has 0 aromatic heterocycles. The van der Waals surface area contributed by atoms with Gasteiger partial charge in [-0.05, 0) is 30.0 Å². The first-order valence-electron chi connectivity index (χ1n) is 4.02. The number of thioether (sulfide) groups is 1. The summed E-state index contributed by atoms with van der Waals surface area (Å²) in [5.41, 5.74) is 0.598. The number of hydrogen-bond donors (Lipinski definition) is 0. The molecule has 0 radical (unpaired) electrons. The summed E-state index contributed by atoms with van der Waals surface area (Å²) < 4.78 is 39.7. The SMILES string of the molecule is C=Cc1cc(OC(F)(F)F)cc(SC)c1. The Morgan fingerprint density at radius 1 is 1.33 bits per heavy atom. The van der Waals surface area contributed by atoms with Gasteiger partial charge in [0.25, 0.3) is 0 Å². The van der Waals surface area contributed by atoms with Crippen molar-refractivity contribution in [1.29, 1.82) is 0 Å². The molecule has 1 rings (SSSR count). The van der Waals surface area contributed by atoms with Gasteiger partial charge >= 0.3 is 6.36 Å². The van der Waals surface area contributed by atoms with E-state index >= 15 is 0 Å². The summed E-state index contributed by atoms with van der Waals surface area (Å²) in [6.07, 6.45) is -1.40. The van der Waals surface area contributed by atoms with Crippen LogP contribution in [0.1, 0.15) is 5.56 Å². The van der Waals surface area contributed by atoms with Crippen LogP contribution in [0, 0.1) is 0 Å². The Labute approximate surface area is 89.9 Å². The first-order chi connectivity index (χ1) is 6.94. The fraction of sp³-hybridized carbons (Fsp3) is 0.200. The first-order valence-corrected chi connectivity index (χ1v) is 5.24. The molecule has 1 nitrogen and oxygen atoms in total. The second-order valence-corrected chi connectivity index (χ2v) is 3.57. The summed E-state index contributed by atoms with van der Waals surface area (Å²) in [7, 11) is 0. The van der Waals surface area contributed by atoms with Crippen LogP contribution in [-0.2, 0) is 0 Å². The van der Waals surface area contributed by atoms with Crippen LogP contribution in [0.15, 0.2) is 29.7 Å². The van der Waals surface area contributed by atoms with Gasteiger partial charge in [-0.15, -0.1) is 24.9 Å². The monoisotopic (exact) mass is 234 g/mol. The molecule has 1 aromatic carbocycles. The number of halogens is 3. The molecule has 0 heterocycles. The molecule has 0 N–H and O–H groups in total. The Balaban J connectivity index is 3.02. The Hall–Kier alpha value is -1.10. The summed E-state index contributed by atoms with van der Waals surface area (Å²) in [5, 5.41) is 0. The van der Waals surface area contributed by atoms with Gasteiger partial charge in [0.1, 0.15) is 5.75 Å². The largest absolute Gasteiger partial charge is 0.573 e. The lowest BCUT2D eigenvalue weighted by molar-refractivity contribution is -0.274. The van der Waals surface area contributed by atoms with Gasteiger partial charge in [-0.3, -0.25) is 0 Å². The van der Waals surface area contributed by atoms with E-state index in [1.54, 1.807) is 12.3 Å². The average Bonchev–Trinajstić information content (AvgIpc) is 2.14. The van der Waals surface area contributed by atoms with Gasteiger partial charge in [-0.2, -0.15) is 0 Å². The van der Waals surface area contributed by atoms with Crippen molar-refractivity contribution in [2.75, 3.05) is 6.26 Å². The van der Waals surface area contributed by atoms with Gasteiger partial charge in [0.2, 0.25) is 0 Å². The van der Waals surface area contributed by atoms with Crippen LogP contribution < -0.4 is 4.74 Å². The predicted octanol–water partition coefficient (Wildman–Crippen LogP) is 3.95. The highest BCUT2D eigenvalue weighted by molar-refractivity contribution is 7.98. The first kappa shape index (κ1) is 12.0. The quantitative estimate of drug-likeness (QED) is 0.732. The maximum absolute atomic E-state index is 12.0. The minimum absolute atomic E-state index is 0.218. The molecule has 0 aliphatic heterocycles. The molecular formula is C10H9F3OS. The standard InChI is InChI=1S/C10H9F3OS/c1-3-7-4-8(14-10(11,12)13)6-9(5-7)15-2/h3-6H,1H2,2H3. The zero-order valence-corrected chi connectivity index (χ0v) is 8.78. The zero-order valence-electron chi connectivity index (χ0n) is 7.97. The number of hydrogen-bond acceptors (Lipinski definition) is 2. The van der Waals surface area contributed by atoms with Crippen molar-refractivity contribution in [1.82, 2.24) is 0 Å². The van der Waals surface area contributed by atoms with Crippen molar-refractivity contribution < 1.29 is 17.9 Å². The number of ether oxygens (including phenoxy) is 1. The summed E-state index contributed by atoms with van der Waals surface area (Å²) in [6, 6.07) is 4.37. The fourth-order valence-corrected chi connectivity index (χ4v) is 1.51. The molecule has 0 bridgehead atoms. The van der Waals surface area contributed by atoms with Gasteiger partial charge in [0.05, 0.1) is 0 Å². The van der Waals surface area contributed by atoms with Crippen LogP contribution in [0.3, 0.4) is 0 Å². The van der Waals surface area contributed by atoms with E-state index in [0.717, 1.165) is 0 Å². The molecule has 0 aliphatic carbocycles. The molecule has 0 aliphatic rings. The van der Waals surface area contributed by atoms with Crippen LogP contribution >= 0.6 is 11.8 Å². The van der Waals surface area contributed by atoms with Crippen molar-refractivity contribution in [3.63, 3.8) is 0 Å². The van der Waals surface area contributed by atoms with Gasteiger partial charge < -0.3 is 4.74 Å². The summed E-state index contributed by atoms with van der Waals surface area (Å²) in [4.78, 5) is 0.701. The molecule has 15 heavy (non-hydrogen) atoms. The zero-order chi connectivity index (χ0) is 11.5. The van der Waals surface area contributed by atoms with Crippen LogP contribution in [-0.4, -0.2) is 12.6 Å². The third-order valence-electron chi connectivity index (χ3n) is 1.61. The van der Waals surface area contributed by atoms with Gasteiger partial charge in [0.15, 0.2) is 0 Å². The highest BCUT2D eigenvalue weighted by atomic mass is 32.2. The minimum Gasteiger partial charge on any atom is -0.406 e. The van der Waals surface area contributed by atoms with E-state index in [4.69, 9.17) is 0 Å². The second-order valence-electron chi connectivity index (χ2n) is 2.69. The molecule has 0 fully saturated rings. The van der Waals surface area contributed by atoms with Crippen molar-refractivity contribution in [2.24, 2.45) is 0 Å². The lowest BCUT2D eigenvalue weighted by atomic mass is 10.2. The molecule has 1 aromatic rings. The average molecular weight is 234 g/mol. The van der Waals surface area contributed by atoms with E-state index in [2.05, 4.69) is 11.3 Å². The highest BCUT2D eigenvalue weighted by Gasteiger charge is 2.31. The van der Waals surface area contributed by atoms with Crippen LogP contribution in [0.5, 0.6) is 5.75 Å². The van der Waals surface area contributed by atoms with Crippen LogP contribution in [0.4, 0.5) is 13.2 Å². The molecule has 82 valence electrons. The van der Waals surface area contributed by atoms with Crippen LogP contribution in [0.25, 0.3) is 6.08 Å². The van der Waals surface area contributed by atoms with E-state index in [1.165, 1.54) is 30.0 Å². The molecule has 0 unspecified atom stereocenters. The van der Waals surface area contributed by atoms with E-state index in [-0.39, 0.29) is 5.75 Å². The Bertz CT molecular complexity index is 360. The summed E-state index contributed by atoms with van der Waals surface area (Å²) >= 11 is 1.34. The second kappa shape index (κ2) is 4.61. The predicted molar refractivity (Wildman–Crippen MR) is 55.0 cm³/mol. The van der Waals surface area contributed by atoms with E-state index in [9.17, 15) is 13.2 Å². The Kier molecular flexibility index (Phi) is 3.68. The van der Waals surface area contributed by atoms with Crippen molar-refractivity contribution >= 4 is 17.8 Å². The maximum Gasteiger partial charge on any atom is 0.573 e. The molecule has 0 spiro atoms. The third-order valence-corrected chi connectivity index (χ3v) is 2.31. The Morgan fingerprint density at radius 3 is 2.47 bits per heavy atom. The van der Waals surface area contributed by atoms with E-state index < -0.39 is 6.36 Å². The van der Waals surface area contributed by atoms with E-state index in [1.807, 2.05) is 0 Å². The van der Waals surface area contributed by atoms with Gasteiger partial charge in [-0.25, -0.2) is 0 Å². The normalized spacial score (nSPS) is 11.2. The number of benzene rings is 1. The van der Waals surface area contributed by atoms with Gasteiger partial charge in [-0.1, -0.05) is 12.7 Å². The molecule has 0 atom stereocenters. The lowest BCUT2D eigenvalue weighted by Gasteiger charge is -2.10. The summed E-state index contributed by atoms with van der Waals surface area (Å²) in [6.45, 7) is 3.50. The number of alkyl halides is 3. The van der Waals surface area contributed by atoms with E-state index in [0.29, 0.717) is 10.5 Å².